The number of alkyl halides is 2. The maximum atomic E-state index is 12.5. The number of ether oxygens (including phenoxy) is 2. The molecule has 2 N–H and O–H groups in total. The van der Waals surface area contributed by atoms with Crippen LogP contribution in [0, 0.1) is 0 Å². The number of hydrogen-bond donors (Lipinski definition) is 2. The van der Waals surface area contributed by atoms with Gasteiger partial charge >= 0.3 is 12.6 Å². The minimum Gasteiger partial charge on any atom is -0.433 e. The topological polar surface area (TPSA) is 62.8 Å². The van der Waals surface area contributed by atoms with Gasteiger partial charge in [0.15, 0.2) is 0 Å². The Morgan fingerprint density at radius 2 is 1.93 bits per heavy atom. The monoisotopic (exact) mass is 391 g/mol. The van der Waals surface area contributed by atoms with Crippen LogP contribution in [0.2, 0.25) is 0 Å². The lowest BCUT2D eigenvalue weighted by atomic mass is 10.2. The number of anilines is 1. The van der Waals surface area contributed by atoms with Gasteiger partial charge in [-0.2, -0.15) is 8.78 Å². The van der Waals surface area contributed by atoms with Gasteiger partial charge in [0.05, 0.1) is 18.4 Å². The summed E-state index contributed by atoms with van der Waals surface area (Å²) in [6, 6.07) is 15.7. The summed E-state index contributed by atoms with van der Waals surface area (Å²) in [6.07, 6.45) is -0.143. The zero-order valence-corrected chi connectivity index (χ0v) is 15.3. The van der Waals surface area contributed by atoms with Gasteiger partial charge in [0, 0.05) is 26.2 Å². The fraction of sp³-hybridized carbons (Fsp3) is 0.350. The molecule has 150 valence electrons. The van der Waals surface area contributed by atoms with E-state index in [-0.39, 0.29) is 17.5 Å². The van der Waals surface area contributed by atoms with Crippen molar-refractivity contribution in [1.29, 1.82) is 0 Å². The number of morpholine rings is 1. The maximum Gasteiger partial charge on any atom is 0.387 e. The lowest BCUT2D eigenvalue weighted by molar-refractivity contribution is -0.0493. The molecule has 0 spiro atoms. The number of halogens is 2. The quantitative estimate of drug-likeness (QED) is 0.760. The van der Waals surface area contributed by atoms with E-state index in [1.54, 1.807) is 12.1 Å². The predicted molar refractivity (Wildman–Crippen MR) is 102 cm³/mol. The number of para-hydroxylation sites is 2. The molecule has 28 heavy (non-hydrogen) atoms. The van der Waals surface area contributed by atoms with Gasteiger partial charge in [0.1, 0.15) is 5.75 Å². The second kappa shape index (κ2) is 10.0. The molecule has 2 amide bonds. The Morgan fingerprint density at radius 1 is 1.18 bits per heavy atom. The molecule has 1 aliphatic rings. The molecule has 1 heterocycles. The summed E-state index contributed by atoms with van der Waals surface area (Å²) in [5, 5.41) is 5.25. The van der Waals surface area contributed by atoms with E-state index in [1.807, 2.05) is 18.2 Å². The first-order chi connectivity index (χ1) is 13.6. The second-order valence-corrected chi connectivity index (χ2v) is 6.42. The molecule has 1 atom stereocenters. The molecule has 1 aliphatic heterocycles. The number of nitrogens with one attached hydrogen (secondary N) is 2. The SMILES string of the molecule is O=C(NCC1CN(Cc2ccccc2)CCO1)Nc1ccccc1OC(F)F. The highest BCUT2D eigenvalue weighted by Gasteiger charge is 2.21. The van der Waals surface area contributed by atoms with Gasteiger partial charge in [-0.25, -0.2) is 4.79 Å². The average Bonchev–Trinajstić information content (AvgIpc) is 2.69. The Kier molecular flexibility index (Phi) is 7.16. The van der Waals surface area contributed by atoms with Crippen molar-refractivity contribution in [2.24, 2.45) is 0 Å². The van der Waals surface area contributed by atoms with Gasteiger partial charge in [-0.15, -0.1) is 0 Å². The highest BCUT2D eigenvalue weighted by Crippen LogP contribution is 2.25. The molecular formula is C20H23F2N3O3. The maximum absolute atomic E-state index is 12.5. The van der Waals surface area contributed by atoms with E-state index in [4.69, 9.17) is 4.74 Å². The molecule has 0 bridgehead atoms. The number of amides is 2. The highest BCUT2D eigenvalue weighted by molar-refractivity contribution is 5.90. The van der Waals surface area contributed by atoms with Gasteiger partial charge in [0.2, 0.25) is 0 Å². The van der Waals surface area contributed by atoms with Crippen LogP contribution >= 0.6 is 0 Å². The number of nitrogens with zero attached hydrogens (tertiary/aromatic N) is 1. The third kappa shape index (κ3) is 6.17. The molecular weight excluding hydrogens is 368 g/mol. The van der Waals surface area contributed by atoms with Crippen LogP contribution in [0.25, 0.3) is 0 Å². The van der Waals surface area contributed by atoms with Crippen LogP contribution in [-0.4, -0.2) is 49.9 Å². The van der Waals surface area contributed by atoms with Crippen LogP contribution in [0.4, 0.5) is 19.3 Å². The summed E-state index contributed by atoms with van der Waals surface area (Å²) in [4.78, 5) is 14.4. The van der Waals surface area contributed by atoms with E-state index in [0.29, 0.717) is 19.7 Å². The molecule has 3 rings (SSSR count). The van der Waals surface area contributed by atoms with Gasteiger partial charge in [-0.1, -0.05) is 42.5 Å². The van der Waals surface area contributed by atoms with E-state index < -0.39 is 12.6 Å². The van der Waals surface area contributed by atoms with Gasteiger partial charge in [0.25, 0.3) is 0 Å². The van der Waals surface area contributed by atoms with Crippen LogP contribution in [0.1, 0.15) is 5.56 Å². The molecule has 0 aromatic heterocycles. The van der Waals surface area contributed by atoms with Gasteiger partial charge in [-0.3, -0.25) is 4.90 Å². The van der Waals surface area contributed by atoms with E-state index in [0.717, 1.165) is 13.1 Å². The molecule has 8 heteroatoms. The van der Waals surface area contributed by atoms with Crippen molar-refractivity contribution in [1.82, 2.24) is 10.2 Å². The van der Waals surface area contributed by atoms with Gasteiger partial charge < -0.3 is 20.1 Å². The Balaban J connectivity index is 1.47. The Morgan fingerprint density at radius 3 is 2.71 bits per heavy atom. The van der Waals surface area contributed by atoms with Crippen molar-refractivity contribution >= 4 is 11.7 Å². The summed E-state index contributed by atoms with van der Waals surface area (Å²) in [6.45, 7) is 0.291. The largest absolute Gasteiger partial charge is 0.433 e. The number of hydrogen-bond acceptors (Lipinski definition) is 4. The van der Waals surface area contributed by atoms with Crippen LogP contribution in [0.3, 0.4) is 0 Å². The first-order valence-corrected chi connectivity index (χ1v) is 9.07. The molecule has 0 saturated carbocycles. The first-order valence-electron chi connectivity index (χ1n) is 9.07. The van der Waals surface area contributed by atoms with Crippen molar-refractivity contribution in [3.8, 4) is 5.75 Å². The highest BCUT2D eigenvalue weighted by atomic mass is 19.3. The van der Waals surface area contributed by atoms with Crippen LogP contribution < -0.4 is 15.4 Å². The Hall–Kier alpha value is -2.71. The first kappa shape index (κ1) is 20.0. The van der Waals surface area contributed by atoms with Crippen LogP contribution in [-0.2, 0) is 11.3 Å². The minimum absolute atomic E-state index is 0.0874. The normalized spacial score (nSPS) is 17.3. The molecule has 6 nitrogen and oxygen atoms in total. The average molecular weight is 391 g/mol. The van der Waals surface area contributed by atoms with Crippen LogP contribution in [0.5, 0.6) is 5.75 Å². The van der Waals surface area contributed by atoms with Crippen LogP contribution in [0.15, 0.2) is 54.6 Å². The van der Waals surface area contributed by atoms with Crippen molar-refractivity contribution in [3.05, 3.63) is 60.2 Å². The number of benzene rings is 2. The number of rotatable bonds is 7. The van der Waals surface area contributed by atoms with Crippen molar-refractivity contribution in [2.75, 3.05) is 31.6 Å². The number of carbonyl (C=O) groups excluding carboxylic acids is 1. The number of carbonyl (C=O) groups is 1. The van der Waals surface area contributed by atoms with Gasteiger partial charge in [-0.05, 0) is 17.7 Å². The molecule has 1 saturated heterocycles. The summed E-state index contributed by atoms with van der Waals surface area (Å²) in [5.74, 6) is -0.0874. The second-order valence-electron chi connectivity index (χ2n) is 6.42. The minimum atomic E-state index is -2.96. The molecule has 0 radical (unpaired) electrons. The molecule has 2 aromatic rings. The summed E-state index contributed by atoms with van der Waals surface area (Å²) >= 11 is 0. The zero-order valence-electron chi connectivity index (χ0n) is 15.3. The van der Waals surface area contributed by atoms with Crippen molar-refractivity contribution in [2.45, 2.75) is 19.3 Å². The lowest BCUT2D eigenvalue weighted by Gasteiger charge is -2.33. The smallest absolute Gasteiger partial charge is 0.387 e. The van der Waals surface area contributed by atoms with E-state index in [2.05, 4.69) is 32.4 Å². The van der Waals surface area contributed by atoms with Crippen molar-refractivity contribution in [3.63, 3.8) is 0 Å². The summed E-state index contributed by atoms with van der Waals surface area (Å²) in [7, 11) is 0. The third-order valence-corrected chi connectivity index (χ3v) is 4.31. The zero-order chi connectivity index (χ0) is 19.8. The summed E-state index contributed by atoms with van der Waals surface area (Å²) in [5.41, 5.74) is 1.40. The summed E-state index contributed by atoms with van der Waals surface area (Å²) < 4.78 is 35.0. The fourth-order valence-corrected chi connectivity index (χ4v) is 3.03. The number of urea groups is 1. The predicted octanol–water partition coefficient (Wildman–Crippen LogP) is 3.31. The third-order valence-electron chi connectivity index (χ3n) is 4.31. The Labute approximate surface area is 162 Å². The molecule has 0 aliphatic carbocycles. The fourth-order valence-electron chi connectivity index (χ4n) is 3.03. The standard InChI is InChI=1S/C20H23F2N3O3/c21-19(22)28-18-9-5-4-8-17(18)24-20(26)23-12-16-14-25(10-11-27-16)13-15-6-2-1-3-7-15/h1-9,16,19H,10-14H2,(H2,23,24,26). The lowest BCUT2D eigenvalue weighted by Crippen LogP contribution is -2.47. The molecule has 1 fully saturated rings. The van der Waals surface area contributed by atoms with Crippen molar-refractivity contribution < 1.29 is 23.0 Å². The van der Waals surface area contributed by atoms with E-state index >= 15 is 0 Å². The van der Waals surface area contributed by atoms with E-state index in [1.165, 1.54) is 17.7 Å². The molecule has 2 aromatic carbocycles. The molecule has 1 unspecified atom stereocenters. The van der Waals surface area contributed by atoms with E-state index in [9.17, 15) is 13.6 Å². The Bertz CT molecular complexity index is 761.